The third-order valence-electron chi connectivity index (χ3n) is 2.31. The summed E-state index contributed by atoms with van der Waals surface area (Å²) in [6.07, 6.45) is 8.81. The summed E-state index contributed by atoms with van der Waals surface area (Å²) >= 11 is 0. The molecule has 2 nitrogen and oxygen atoms in total. The van der Waals surface area contributed by atoms with E-state index >= 15 is 0 Å². The van der Waals surface area contributed by atoms with E-state index in [4.69, 9.17) is 4.74 Å². The van der Waals surface area contributed by atoms with Crippen molar-refractivity contribution in [3.05, 3.63) is 12.2 Å². The molecule has 0 spiro atoms. The molecule has 0 bridgehead atoms. The van der Waals surface area contributed by atoms with Crippen LogP contribution < -0.4 is 0 Å². The lowest BCUT2D eigenvalue weighted by molar-refractivity contribution is -0.147. The molecule has 0 saturated carbocycles. The fraction of sp³-hybridized carbons (Fsp3) is 0.786. The van der Waals surface area contributed by atoms with Crippen LogP contribution in [-0.2, 0) is 9.53 Å². The first kappa shape index (κ1) is 15.2. The predicted octanol–water partition coefficient (Wildman–Crippen LogP) is 4.10. The zero-order valence-electron chi connectivity index (χ0n) is 11.2. The number of esters is 1. The predicted molar refractivity (Wildman–Crippen MR) is 68.3 cm³/mol. The molecule has 0 saturated heterocycles. The molecule has 0 aliphatic rings. The molecule has 0 heterocycles. The van der Waals surface area contributed by atoms with Crippen LogP contribution in [0.2, 0.25) is 0 Å². The van der Waals surface area contributed by atoms with Gasteiger partial charge >= 0.3 is 5.97 Å². The number of unbranched alkanes of at least 4 members (excludes halogenated alkanes) is 2. The van der Waals surface area contributed by atoms with E-state index in [1.54, 1.807) is 0 Å². The molecule has 94 valence electrons. The second-order valence-electron chi connectivity index (χ2n) is 4.75. The number of hydrogen-bond donors (Lipinski definition) is 0. The van der Waals surface area contributed by atoms with Crippen molar-refractivity contribution in [2.75, 3.05) is 0 Å². The molecule has 0 radical (unpaired) electrons. The Kier molecular flexibility index (Phi) is 8.97. The van der Waals surface area contributed by atoms with Gasteiger partial charge in [0.15, 0.2) is 0 Å². The van der Waals surface area contributed by atoms with E-state index in [1.165, 1.54) is 12.8 Å². The van der Waals surface area contributed by atoms with Crippen molar-refractivity contribution in [3.63, 3.8) is 0 Å². The molecule has 0 aliphatic carbocycles. The standard InChI is InChI=1S/C14H26O2/c1-5-6-7-8-9-10-14(15)16-13(4)11-12(2)3/h8-9,12-13H,5-7,10-11H2,1-4H3/b9-8+. The van der Waals surface area contributed by atoms with Gasteiger partial charge in [0.2, 0.25) is 0 Å². The molecule has 0 aromatic rings. The number of carbonyl (C=O) groups excluding carboxylic acids is 1. The highest BCUT2D eigenvalue weighted by Crippen LogP contribution is 2.08. The average molecular weight is 226 g/mol. The Morgan fingerprint density at radius 1 is 1.25 bits per heavy atom. The summed E-state index contributed by atoms with van der Waals surface area (Å²) in [5.74, 6) is 0.462. The first-order valence-electron chi connectivity index (χ1n) is 6.40. The maximum atomic E-state index is 11.4. The van der Waals surface area contributed by atoms with E-state index < -0.39 is 0 Å². The maximum absolute atomic E-state index is 11.4. The van der Waals surface area contributed by atoms with E-state index in [0.717, 1.165) is 12.8 Å². The van der Waals surface area contributed by atoms with Crippen LogP contribution in [0.4, 0.5) is 0 Å². The van der Waals surface area contributed by atoms with Gasteiger partial charge in [0.05, 0.1) is 12.5 Å². The molecule has 0 aromatic heterocycles. The van der Waals surface area contributed by atoms with Crippen molar-refractivity contribution < 1.29 is 9.53 Å². The van der Waals surface area contributed by atoms with E-state index in [9.17, 15) is 4.79 Å². The fourth-order valence-corrected chi connectivity index (χ4v) is 1.60. The van der Waals surface area contributed by atoms with Gasteiger partial charge in [-0.25, -0.2) is 0 Å². The Hall–Kier alpha value is -0.790. The van der Waals surface area contributed by atoms with Crippen molar-refractivity contribution in [1.29, 1.82) is 0 Å². The molecule has 0 rings (SSSR count). The number of rotatable bonds is 8. The van der Waals surface area contributed by atoms with Gasteiger partial charge in [0.1, 0.15) is 0 Å². The van der Waals surface area contributed by atoms with Gasteiger partial charge in [-0.05, 0) is 25.7 Å². The zero-order chi connectivity index (χ0) is 12.4. The summed E-state index contributed by atoms with van der Waals surface area (Å²) in [6, 6.07) is 0. The molecule has 1 unspecified atom stereocenters. The van der Waals surface area contributed by atoms with E-state index in [-0.39, 0.29) is 12.1 Å². The fourth-order valence-electron chi connectivity index (χ4n) is 1.60. The minimum Gasteiger partial charge on any atom is -0.462 e. The van der Waals surface area contributed by atoms with Gasteiger partial charge in [-0.1, -0.05) is 45.8 Å². The lowest BCUT2D eigenvalue weighted by Crippen LogP contribution is -2.16. The van der Waals surface area contributed by atoms with Crippen molar-refractivity contribution in [1.82, 2.24) is 0 Å². The van der Waals surface area contributed by atoms with Crippen molar-refractivity contribution in [3.8, 4) is 0 Å². The minimum atomic E-state index is -0.110. The highest BCUT2D eigenvalue weighted by Gasteiger charge is 2.09. The highest BCUT2D eigenvalue weighted by molar-refractivity contribution is 5.71. The molecule has 0 N–H and O–H groups in total. The van der Waals surface area contributed by atoms with Crippen LogP contribution in [0, 0.1) is 5.92 Å². The zero-order valence-corrected chi connectivity index (χ0v) is 11.2. The Labute approximate surface area is 100 Å². The normalized spacial score (nSPS) is 13.3. The molecule has 0 fully saturated rings. The van der Waals surface area contributed by atoms with Gasteiger partial charge < -0.3 is 4.74 Å². The van der Waals surface area contributed by atoms with Crippen LogP contribution in [0.15, 0.2) is 12.2 Å². The number of hydrogen-bond acceptors (Lipinski definition) is 2. The van der Waals surface area contributed by atoms with Gasteiger partial charge in [-0.3, -0.25) is 4.79 Å². The second-order valence-corrected chi connectivity index (χ2v) is 4.75. The Balaban J connectivity index is 3.61. The van der Waals surface area contributed by atoms with Crippen molar-refractivity contribution in [2.24, 2.45) is 5.92 Å². The van der Waals surface area contributed by atoms with Gasteiger partial charge in [-0.2, -0.15) is 0 Å². The SMILES string of the molecule is CCCC/C=C/CC(=O)OC(C)CC(C)C. The van der Waals surface area contributed by atoms with Crippen molar-refractivity contribution in [2.45, 2.75) is 65.9 Å². The van der Waals surface area contributed by atoms with E-state index in [2.05, 4.69) is 26.8 Å². The van der Waals surface area contributed by atoms with E-state index in [1.807, 2.05) is 13.0 Å². The largest absolute Gasteiger partial charge is 0.462 e. The third kappa shape index (κ3) is 9.75. The average Bonchev–Trinajstić information content (AvgIpc) is 2.15. The van der Waals surface area contributed by atoms with Crippen LogP contribution in [-0.4, -0.2) is 12.1 Å². The molecular formula is C14H26O2. The second kappa shape index (κ2) is 9.44. The van der Waals surface area contributed by atoms with Gasteiger partial charge in [0.25, 0.3) is 0 Å². The smallest absolute Gasteiger partial charge is 0.309 e. The van der Waals surface area contributed by atoms with Gasteiger partial charge in [0, 0.05) is 0 Å². The summed E-state index contributed by atoms with van der Waals surface area (Å²) in [5.41, 5.74) is 0. The third-order valence-corrected chi connectivity index (χ3v) is 2.31. The maximum Gasteiger partial charge on any atom is 0.309 e. The molecule has 0 aromatic carbocycles. The minimum absolute atomic E-state index is 0.0385. The summed E-state index contributed by atoms with van der Waals surface area (Å²) in [5, 5.41) is 0. The first-order chi connectivity index (χ1) is 7.56. The lowest BCUT2D eigenvalue weighted by Gasteiger charge is -2.14. The quantitative estimate of drug-likeness (QED) is 0.354. The summed E-state index contributed by atoms with van der Waals surface area (Å²) in [4.78, 5) is 11.4. The molecule has 16 heavy (non-hydrogen) atoms. The molecule has 0 aliphatic heterocycles. The number of carbonyl (C=O) groups is 1. The van der Waals surface area contributed by atoms with Gasteiger partial charge in [-0.15, -0.1) is 0 Å². The Bertz CT molecular complexity index is 207. The topological polar surface area (TPSA) is 26.3 Å². The number of ether oxygens (including phenoxy) is 1. The van der Waals surface area contributed by atoms with E-state index in [0.29, 0.717) is 12.3 Å². The van der Waals surface area contributed by atoms with Crippen LogP contribution in [0.1, 0.15) is 59.8 Å². The van der Waals surface area contributed by atoms with Crippen LogP contribution in [0.25, 0.3) is 0 Å². The molecule has 1 atom stereocenters. The van der Waals surface area contributed by atoms with Crippen LogP contribution in [0.3, 0.4) is 0 Å². The van der Waals surface area contributed by atoms with Crippen molar-refractivity contribution >= 4 is 5.97 Å². The van der Waals surface area contributed by atoms with Crippen LogP contribution in [0.5, 0.6) is 0 Å². The summed E-state index contributed by atoms with van der Waals surface area (Å²) in [7, 11) is 0. The molecular weight excluding hydrogens is 200 g/mol. The molecule has 2 heteroatoms. The lowest BCUT2D eigenvalue weighted by atomic mass is 10.1. The first-order valence-corrected chi connectivity index (χ1v) is 6.40. The molecule has 0 amide bonds. The Morgan fingerprint density at radius 3 is 2.50 bits per heavy atom. The Morgan fingerprint density at radius 2 is 1.94 bits per heavy atom. The monoisotopic (exact) mass is 226 g/mol. The summed E-state index contributed by atoms with van der Waals surface area (Å²) < 4.78 is 5.28. The summed E-state index contributed by atoms with van der Waals surface area (Å²) in [6.45, 7) is 8.39. The highest BCUT2D eigenvalue weighted by atomic mass is 16.5. The number of allylic oxidation sites excluding steroid dienone is 1. The van der Waals surface area contributed by atoms with Crippen LogP contribution >= 0.6 is 0 Å².